The highest BCUT2D eigenvalue weighted by Gasteiger charge is 2.32. The number of halogens is 1. The molecular weight excluding hydrogens is 483 g/mol. The van der Waals surface area contributed by atoms with E-state index in [-0.39, 0.29) is 11.8 Å². The van der Waals surface area contributed by atoms with Crippen molar-refractivity contribution >= 4 is 42.8 Å². The molecule has 35 heavy (non-hydrogen) atoms. The van der Waals surface area contributed by atoms with E-state index in [2.05, 4.69) is 5.32 Å². The van der Waals surface area contributed by atoms with E-state index in [0.717, 1.165) is 16.7 Å². The van der Waals surface area contributed by atoms with Crippen LogP contribution in [0.4, 0.5) is 11.4 Å². The number of amides is 2. The fourth-order valence-electron chi connectivity index (χ4n) is 4.39. The van der Waals surface area contributed by atoms with Crippen molar-refractivity contribution in [1.29, 1.82) is 0 Å². The minimum absolute atomic E-state index is 0.149. The second-order valence-corrected chi connectivity index (χ2v) is 10.2. The first-order valence-corrected chi connectivity index (χ1v) is 13.4. The Kier molecular flexibility index (Phi) is 7.66. The summed E-state index contributed by atoms with van der Waals surface area (Å²) in [7, 11) is -1.81. The van der Waals surface area contributed by atoms with E-state index >= 15 is 0 Å². The molecule has 1 aliphatic heterocycles. The maximum absolute atomic E-state index is 13.7. The van der Waals surface area contributed by atoms with E-state index in [0.29, 0.717) is 46.9 Å². The van der Waals surface area contributed by atoms with Crippen LogP contribution in [0.2, 0.25) is 5.02 Å². The first-order chi connectivity index (χ1) is 16.7. The molecule has 3 aromatic rings. The monoisotopic (exact) mass is 509 g/mol. The van der Waals surface area contributed by atoms with Crippen molar-refractivity contribution in [1.82, 2.24) is 0 Å². The van der Waals surface area contributed by atoms with Gasteiger partial charge in [-0.25, -0.2) is 0 Å². The quantitative estimate of drug-likeness (QED) is 0.373. The molecule has 0 radical (unpaired) electrons. The first-order valence-electron chi connectivity index (χ1n) is 11.4. The Labute approximate surface area is 211 Å². The normalized spacial score (nSPS) is 15.7. The Morgan fingerprint density at radius 3 is 2.51 bits per heavy atom. The van der Waals surface area contributed by atoms with Crippen LogP contribution in [0.5, 0.6) is 0 Å². The van der Waals surface area contributed by atoms with Gasteiger partial charge in [-0.05, 0) is 84.8 Å². The number of hydrogen-bond acceptors (Lipinski definition) is 4. The third kappa shape index (κ3) is 5.62. The number of carbonyl (C=O) groups is 2. The molecule has 1 aliphatic rings. The summed E-state index contributed by atoms with van der Waals surface area (Å²) in [4.78, 5) is 28.1. The molecule has 3 aromatic carbocycles. The van der Waals surface area contributed by atoms with Crippen molar-refractivity contribution < 1.29 is 18.7 Å². The van der Waals surface area contributed by atoms with Gasteiger partial charge in [-0.1, -0.05) is 29.8 Å². The zero-order valence-corrected chi connectivity index (χ0v) is 21.5. The summed E-state index contributed by atoms with van der Waals surface area (Å²) in [6.07, 6.45) is 0.930. The molecule has 4 rings (SSSR count). The number of aryl methyl sites for hydroxylation is 2. The van der Waals surface area contributed by atoms with Crippen LogP contribution >= 0.6 is 19.6 Å². The van der Waals surface area contributed by atoms with Gasteiger partial charge in [0.2, 0.25) is 0 Å². The standard InChI is InChI=1S/C27H26ClN2O4P/c1-17-7-4-5-8-21(17)26(31)29-20-11-12-22(18(2)15-20)27(32)30-14-6-9-25(34-35(3)33)23-16-19(28)10-13-24(23)30/h4-5,7-8,10-13,15-16,25H,6,9,14H2,1-3H3/p+1. The molecule has 0 aromatic heterocycles. The van der Waals surface area contributed by atoms with Crippen LogP contribution in [0.1, 0.15) is 56.4 Å². The van der Waals surface area contributed by atoms with Gasteiger partial charge in [0.05, 0.1) is 5.69 Å². The molecule has 2 unspecified atom stereocenters. The molecule has 6 nitrogen and oxygen atoms in total. The Bertz CT molecular complexity index is 1310. The highest BCUT2D eigenvalue weighted by atomic mass is 35.5. The molecule has 2 atom stereocenters. The Morgan fingerprint density at radius 2 is 1.80 bits per heavy atom. The predicted molar refractivity (Wildman–Crippen MR) is 140 cm³/mol. The van der Waals surface area contributed by atoms with Crippen LogP contribution in [0, 0.1) is 13.8 Å². The summed E-state index contributed by atoms with van der Waals surface area (Å²) >= 11 is 6.25. The minimum Gasteiger partial charge on any atom is -0.322 e. The second kappa shape index (κ2) is 10.7. The Morgan fingerprint density at radius 1 is 1.03 bits per heavy atom. The van der Waals surface area contributed by atoms with Crippen LogP contribution in [0.25, 0.3) is 0 Å². The molecule has 0 saturated carbocycles. The van der Waals surface area contributed by atoms with E-state index in [4.69, 9.17) is 16.1 Å². The molecule has 0 aliphatic carbocycles. The minimum atomic E-state index is -1.81. The van der Waals surface area contributed by atoms with Crippen LogP contribution in [0.15, 0.2) is 60.7 Å². The number of nitrogens with zero attached hydrogens (tertiary/aromatic N) is 1. The summed E-state index contributed by atoms with van der Waals surface area (Å²) < 4.78 is 17.5. The lowest BCUT2D eigenvalue weighted by Gasteiger charge is -2.24. The zero-order chi connectivity index (χ0) is 25.1. The fourth-order valence-corrected chi connectivity index (χ4v) is 5.15. The Hall–Kier alpha value is -3.05. The smallest absolute Gasteiger partial charge is 0.322 e. The summed E-state index contributed by atoms with van der Waals surface area (Å²) in [6, 6.07) is 18.0. The van der Waals surface area contributed by atoms with Gasteiger partial charge in [0.15, 0.2) is 6.66 Å². The number of anilines is 2. The number of rotatable bonds is 5. The fraction of sp³-hybridized carbons (Fsp3) is 0.259. The van der Waals surface area contributed by atoms with Gasteiger partial charge in [-0.2, -0.15) is 0 Å². The number of benzene rings is 3. The molecule has 2 amide bonds. The molecule has 1 N–H and O–H groups in total. The van der Waals surface area contributed by atoms with E-state index < -0.39 is 14.1 Å². The number of nitrogens with one attached hydrogen (secondary N) is 1. The number of carbonyl (C=O) groups excluding carboxylic acids is 2. The largest absolute Gasteiger partial charge is 0.505 e. The molecule has 8 heteroatoms. The van der Waals surface area contributed by atoms with Crippen LogP contribution in [-0.2, 0) is 9.09 Å². The highest BCUT2D eigenvalue weighted by molar-refractivity contribution is 7.38. The average molecular weight is 510 g/mol. The van der Waals surface area contributed by atoms with E-state index in [1.807, 2.05) is 38.1 Å². The van der Waals surface area contributed by atoms with Gasteiger partial charge in [0, 0.05) is 33.9 Å². The van der Waals surface area contributed by atoms with Crippen molar-refractivity contribution in [3.63, 3.8) is 0 Å². The third-order valence-corrected chi connectivity index (χ3v) is 6.89. The summed E-state index contributed by atoms with van der Waals surface area (Å²) in [5, 5.41) is 3.45. The maximum Gasteiger partial charge on any atom is 0.505 e. The number of fused-ring (bicyclic) bond motifs is 1. The van der Waals surface area contributed by atoms with Gasteiger partial charge in [-0.15, -0.1) is 4.52 Å². The van der Waals surface area contributed by atoms with Crippen molar-refractivity contribution in [2.75, 3.05) is 23.4 Å². The summed E-state index contributed by atoms with van der Waals surface area (Å²) in [5.41, 5.74) is 4.88. The third-order valence-electron chi connectivity index (χ3n) is 6.10. The molecular formula is C27H27ClN2O4P+. The highest BCUT2D eigenvalue weighted by Crippen LogP contribution is 2.41. The number of hydrogen-bond donors (Lipinski definition) is 1. The topological polar surface area (TPSA) is 75.7 Å². The molecule has 0 fully saturated rings. The van der Waals surface area contributed by atoms with E-state index in [1.54, 1.807) is 41.3 Å². The van der Waals surface area contributed by atoms with Crippen molar-refractivity contribution in [3.05, 3.63) is 93.5 Å². The van der Waals surface area contributed by atoms with Crippen molar-refractivity contribution in [2.24, 2.45) is 0 Å². The van der Waals surface area contributed by atoms with Crippen molar-refractivity contribution in [2.45, 2.75) is 32.8 Å². The van der Waals surface area contributed by atoms with Gasteiger partial charge in [-0.3, -0.25) is 9.59 Å². The van der Waals surface area contributed by atoms with Gasteiger partial charge in [0.25, 0.3) is 11.8 Å². The summed E-state index contributed by atoms with van der Waals surface area (Å²) in [6.45, 7) is 5.77. The van der Waals surface area contributed by atoms with E-state index in [9.17, 15) is 14.2 Å². The molecule has 180 valence electrons. The van der Waals surface area contributed by atoms with E-state index in [1.165, 1.54) is 6.66 Å². The molecule has 0 saturated heterocycles. The van der Waals surface area contributed by atoms with Crippen LogP contribution < -0.4 is 10.2 Å². The predicted octanol–water partition coefficient (Wildman–Crippen LogP) is 7.08. The lowest BCUT2D eigenvalue weighted by Crippen LogP contribution is -2.32. The van der Waals surface area contributed by atoms with Gasteiger partial charge >= 0.3 is 8.03 Å². The molecule has 1 heterocycles. The zero-order valence-electron chi connectivity index (χ0n) is 19.9. The SMILES string of the molecule is Cc1ccccc1C(=O)Nc1ccc(C(=O)N2CCCC(O[P+](C)=O)c3cc(Cl)ccc32)c(C)c1. The maximum atomic E-state index is 13.7. The van der Waals surface area contributed by atoms with Crippen LogP contribution in [-0.4, -0.2) is 25.0 Å². The van der Waals surface area contributed by atoms with Crippen LogP contribution in [0.3, 0.4) is 0 Å². The second-order valence-electron chi connectivity index (χ2n) is 8.63. The Balaban J connectivity index is 1.60. The summed E-state index contributed by atoms with van der Waals surface area (Å²) in [5.74, 6) is -0.343. The van der Waals surface area contributed by atoms with Crippen molar-refractivity contribution in [3.8, 4) is 0 Å². The lowest BCUT2D eigenvalue weighted by molar-refractivity contribution is 0.0985. The average Bonchev–Trinajstić information content (AvgIpc) is 2.98. The molecule has 0 spiro atoms. The lowest BCUT2D eigenvalue weighted by atomic mass is 10.0. The first kappa shape index (κ1) is 25.1. The molecule has 0 bridgehead atoms. The van der Waals surface area contributed by atoms with Gasteiger partial charge in [0.1, 0.15) is 6.10 Å². The van der Waals surface area contributed by atoms with Gasteiger partial charge < -0.3 is 10.2 Å².